The molecule has 3 aliphatic rings. The molecule has 1 aliphatic carbocycles. The zero-order valence-electron chi connectivity index (χ0n) is 15.9. The summed E-state index contributed by atoms with van der Waals surface area (Å²) >= 11 is 0. The van der Waals surface area contributed by atoms with Gasteiger partial charge in [-0.25, -0.2) is 4.98 Å². The Labute approximate surface area is 156 Å². The zero-order chi connectivity index (χ0) is 18.0. The summed E-state index contributed by atoms with van der Waals surface area (Å²) in [7, 11) is 0. The summed E-state index contributed by atoms with van der Waals surface area (Å²) in [6.07, 6.45) is 10.9. The van der Waals surface area contributed by atoms with Crippen molar-refractivity contribution < 1.29 is 4.79 Å². The third kappa shape index (κ3) is 3.51. The average molecular weight is 358 g/mol. The summed E-state index contributed by atoms with van der Waals surface area (Å²) in [5, 5.41) is 3.28. The van der Waals surface area contributed by atoms with Gasteiger partial charge in [-0.2, -0.15) is 4.98 Å². The number of carbonyl (C=O) groups excluding carboxylic acids is 1. The first-order valence-electron chi connectivity index (χ1n) is 10.3. The number of anilines is 2. The molecular formula is C20H31N5O. The molecule has 3 heterocycles. The van der Waals surface area contributed by atoms with Crippen molar-refractivity contribution in [3.63, 3.8) is 0 Å². The minimum atomic E-state index is 0.215. The van der Waals surface area contributed by atoms with Gasteiger partial charge in [0.05, 0.1) is 0 Å². The molecule has 26 heavy (non-hydrogen) atoms. The van der Waals surface area contributed by atoms with E-state index >= 15 is 0 Å². The maximum atomic E-state index is 12.6. The largest absolute Gasteiger partial charge is 0.370 e. The molecule has 142 valence electrons. The van der Waals surface area contributed by atoms with Crippen LogP contribution >= 0.6 is 0 Å². The lowest BCUT2D eigenvalue weighted by molar-refractivity contribution is -0.140. The van der Waals surface area contributed by atoms with Gasteiger partial charge in [-0.15, -0.1) is 0 Å². The van der Waals surface area contributed by atoms with Crippen molar-refractivity contribution in [3.05, 3.63) is 12.3 Å². The molecule has 1 atom stereocenters. The van der Waals surface area contributed by atoms with Gasteiger partial charge in [0.2, 0.25) is 11.9 Å². The van der Waals surface area contributed by atoms with E-state index in [-0.39, 0.29) is 5.41 Å². The van der Waals surface area contributed by atoms with Crippen molar-refractivity contribution in [2.75, 3.05) is 36.4 Å². The van der Waals surface area contributed by atoms with Gasteiger partial charge in [-0.1, -0.05) is 12.8 Å². The van der Waals surface area contributed by atoms with Crippen LogP contribution in [0.2, 0.25) is 0 Å². The van der Waals surface area contributed by atoms with E-state index in [1.807, 2.05) is 12.3 Å². The molecule has 2 saturated heterocycles. The number of nitrogens with one attached hydrogen (secondary N) is 1. The number of rotatable bonds is 4. The fourth-order valence-corrected chi connectivity index (χ4v) is 5.09. The number of likely N-dealkylation sites (tertiary alicyclic amines) is 1. The predicted molar refractivity (Wildman–Crippen MR) is 103 cm³/mol. The van der Waals surface area contributed by atoms with Crippen molar-refractivity contribution >= 4 is 17.7 Å². The van der Waals surface area contributed by atoms with E-state index in [0.29, 0.717) is 18.4 Å². The fraction of sp³-hybridized carbons (Fsp3) is 0.750. The Morgan fingerprint density at radius 3 is 2.88 bits per heavy atom. The lowest BCUT2D eigenvalue weighted by Gasteiger charge is -2.49. The summed E-state index contributed by atoms with van der Waals surface area (Å²) in [6, 6.07) is 2.41. The Kier molecular flexibility index (Phi) is 5.00. The van der Waals surface area contributed by atoms with Gasteiger partial charge in [0.15, 0.2) is 0 Å². The second-order valence-corrected chi connectivity index (χ2v) is 8.26. The molecule has 0 aromatic carbocycles. The molecule has 1 spiro atoms. The van der Waals surface area contributed by atoms with E-state index in [1.54, 1.807) is 0 Å². The second kappa shape index (κ2) is 7.41. The van der Waals surface area contributed by atoms with E-state index < -0.39 is 0 Å². The molecule has 1 saturated carbocycles. The SMILES string of the molecule is CCNc1ccnc(N2CCC[C@@]3(CCC(=O)N(C4CCCC4)C3)C2)n1. The van der Waals surface area contributed by atoms with Crippen molar-refractivity contribution in [3.8, 4) is 0 Å². The minimum absolute atomic E-state index is 0.215. The van der Waals surface area contributed by atoms with Gasteiger partial charge in [0.1, 0.15) is 5.82 Å². The summed E-state index contributed by atoms with van der Waals surface area (Å²) in [4.78, 5) is 26.4. The van der Waals surface area contributed by atoms with Crippen LogP contribution in [-0.2, 0) is 4.79 Å². The standard InChI is InChI=1S/C20H31N5O/c1-2-21-17-9-12-22-19(23-17)24-13-5-10-20(14-24)11-8-18(26)25(15-20)16-6-3-4-7-16/h9,12,16H,2-8,10-11,13-15H2,1H3,(H,21,22,23)/t20-/m1/s1. The molecule has 1 aromatic rings. The quantitative estimate of drug-likeness (QED) is 0.897. The summed E-state index contributed by atoms with van der Waals surface area (Å²) in [6.45, 7) is 5.85. The van der Waals surface area contributed by atoms with Gasteiger partial charge < -0.3 is 15.1 Å². The third-order valence-electron chi connectivity index (χ3n) is 6.41. The van der Waals surface area contributed by atoms with Crippen LogP contribution in [0.5, 0.6) is 0 Å². The highest BCUT2D eigenvalue weighted by atomic mass is 16.2. The van der Waals surface area contributed by atoms with Crippen LogP contribution in [0.3, 0.4) is 0 Å². The Balaban J connectivity index is 1.50. The third-order valence-corrected chi connectivity index (χ3v) is 6.41. The molecule has 6 nitrogen and oxygen atoms in total. The number of aromatic nitrogens is 2. The Morgan fingerprint density at radius 1 is 1.23 bits per heavy atom. The molecule has 3 fully saturated rings. The molecule has 0 radical (unpaired) electrons. The highest BCUT2D eigenvalue weighted by molar-refractivity contribution is 5.77. The number of nitrogens with zero attached hydrogens (tertiary/aromatic N) is 4. The van der Waals surface area contributed by atoms with E-state index in [0.717, 1.165) is 50.8 Å². The van der Waals surface area contributed by atoms with Gasteiger partial charge in [-0.3, -0.25) is 4.79 Å². The van der Waals surface area contributed by atoms with Crippen LogP contribution in [0.4, 0.5) is 11.8 Å². The van der Waals surface area contributed by atoms with Gasteiger partial charge in [0, 0.05) is 50.3 Å². The molecule has 6 heteroatoms. The number of carbonyl (C=O) groups is 1. The molecule has 1 amide bonds. The van der Waals surface area contributed by atoms with Crippen molar-refractivity contribution in [1.82, 2.24) is 14.9 Å². The second-order valence-electron chi connectivity index (χ2n) is 8.26. The smallest absolute Gasteiger partial charge is 0.227 e. The topological polar surface area (TPSA) is 61.4 Å². The molecule has 0 unspecified atom stereocenters. The number of hydrogen-bond donors (Lipinski definition) is 1. The predicted octanol–water partition coefficient (Wildman–Crippen LogP) is 3.06. The maximum Gasteiger partial charge on any atom is 0.227 e. The van der Waals surface area contributed by atoms with Crippen molar-refractivity contribution in [1.29, 1.82) is 0 Å². The van der Waals surface area contributed by atoms with Crippen molar-refractivity contribution in [2.45, 2.75) is 64.3 Å². The first-order valence-corrected chi connectivity index (χ1v) is 10.3. The maximum absolute atomic E-state index is 12.6. The van der Waals surface area contributed by atoms with Crippen LogP contribution in [0.25, 0.3) is 0 Å². The lowest BCUT2D eigenvalue weighted by Crippen LogP contribution is -2.56. The lowest BCUT2D eigenvalue weighted by atomic mass is 9.73. The van der Waals surface area contributed by atoms with Crippen molar-refractivity contribution in [2.24, 2.45) is 5.41 Å². The molecule has 4 rings (SSSR count). The van der Waals surface area contributed by atoms with Crippen LogP contribution < -0.4 is 10.2 Å². The molecule has 1 N–H and O–H groups in total. The monoisotopic (exact) mass is 357 g/mol. The summed E-state index contributed by atoms with van der Waals surface area (Å²) in [5.41, 5.74) is 0.215. The average Bonchev–Trinajstić information content (AvgIpc) is 3.19. The Bertz CT molecular complexity index is 645. The van der Waals surface area contributed by atoms with Gasteiger partial charge >= 0.3 is 0 Å². The van der Waals surface area contributed by atoms with E-state index in [4.69, 9.17) is 4.98 Å². The number of amides is 1. The highest BCUT2D eigenvalue weighted by Crippen LogP contribution is 2.41. The van der Waals surface area contributed by atoms with E-state index in [9.17, 15) is 4.79 Å². The first kappa shape index (κ1) is 17.6. The molecule has 0 bridgehead atoms. The van der Waals surface area contributed by atoms with Gasteiger partial charge in [-0.05, 0) is 45.1 Å². The van der Waals surface area contributed by atoms with Crippen LogP contribution in [0.15, 0.2) is 12.3 Å². The van der Waals surface area contributed by atoms with E-state index in [1.165, 1.54) is 32.1 Å². The van der Waals surface area contributed by atoms with Gasteiger partial charge in [0.25, 0.3) is 0 Å². The molecule has 2 aliphatic heterocycles. The fourth-order valence-electron chi connectivity index (χ4n) is 5.09. The Morgan fingerprint density at radius 2 is 2.08 bits per heavy atom. The Hall–Kier alpha value is -1.85. The summed E-state index contributed by atoms with van der Waals surface area (Å²) in [5.74, 6) is 2.10. The first-order chi connectivity index (χ1) is 12.7. The molecule has 1 aromatic heterocycles. The van der Waals surface area contributed by atoms with E-state index in [2.05, 4.69) is 27.0 Å². The van der Waals surface area contributed by atoms with Crippen LogP contribution in [-0.4, -0.2) is 53.0 Å². The minimum Gasteiger partial charge on any atom is -0.370 e. The van der Waals surface area contributed by atoms with Crippen LogP contribution in [0.1, 0.15) is 58.3 Å². The number of piperidine rings is 2. The van der Waals surface area contributed by atoms with Crippen LogP contribution in [0, 0.1) is 5.41 Å². The zero-order valence-corrected chi connectivity index (χ0v) is 15.9. The normalized spacial score (nSPS) is 27.3. The number of hydrogen-bond acceptors (Lipinski definition) is 5. The highest BCUT2D eigenvalue weighted by Gasteiger charge is 2.44. The molecular weight excluding hydrogens is 326 g/mol. The summed E-state index contributed by atoms with van der Waals surface area (Å²) < 4.78 is 0.